The van der Waals surface area contributed by atoms with Crippen molar-refractivity contribution in [2.75, 3.05) is 19.0 Å². The van der Waals surface area contributed by atoms with Gasteiger partial charge in [0.15, 0.2) is 5.69 Å². The second kappa shape index (κ2) is 9.14. The van der Waals surface area contributed by atoms with Gasteiger partial charge in [-0.15, -0.1) is 11.3 Å². The van der Waals surface area contributed by atoms with Gasteiger partial charge in [0.1, 0.15) is 10.8 Å². The minimum Gasteiger partial charge on any atom is -0.465 e. The lowest BCUT2D eigenvalue weighted by Crippen LogP contribution is -2.30. The van der Waals surface area contributed by atoms with E-state index >= 15 is 0 Å². The number of nitrogens with zero attached hydrogens (tertiary/aromatic N) is 3. The number of urea groups is 1. The van der Waals surface area contributed by atoms with Crippen molar-refractivity contribution < 1.29 is 27.5 Å². The van der Waals surface area contributed by atoms with Crippen LogP contribution in [0.25, 0.3) is 21.7 Å². The number of hydrogen-bond acceptors (Lipinski definition) is 7. The van der Waals surface area contributed by atoms with Crippen molar-refractivity contribution in [1.82, 2.24) is 20.3 Å². The molecule has 1 aliphatic rings. The Morgan fingerprint density at radius 3 is 2.64 bits per heavy atom. The zero-order valence-electron chi connectivity index (χ0n) is 17.3. The van der Waals surface area contributed by atoms with Gasteiger partial charge in [0.25, 0.3) is 0 Å². The molecule has 0 atom stereocenters. The van der Waals surface area contributed by atoms with Crippen molar-refractivity contribution in [1.29, 1.82) is 0 Å². The highest BCUT2D eigenvalue weighted by Crippen LogP contribution is 2.38. The molecule has 8 nitrogen and oxygen atoms in total. The first-order chi connectivity index (χ1) is 15.7. The third kappa shape index (κ3) is 5.45. The zero-order valence-corrected chi connectivity index (χ0v) is 18.1. The zero-order chi connectivity index (χ0) is 23.6. The van der Waals surface area contributed by atoms with Crippen LogP contribution in [0.15, 0.2) is 36.1 Å². The van der Waals surface area contributed by atoms with Crippen LogP contribution in [0.4, 0.5) is 23.8 Å². The number of ether oxygens (including phenoxy) is 1. The van der Waals surface area contributed by atoms with Crippen molar-refractivity contribution in [2.24, 2.45) is 5.92 Å². The molecule has 172 valence electrons. The number of halogens is 3. The van der Waals surface area contributed by atoms with E-state index in [9.17, 15) is 22.8 Å². The van der Waals surface area contributed by atoms with Crippen molar-refractivity contribution in [3.63, 3.8) is 0 Å². The summed E-state index contributed by atoms with van der Waals surface area (Å²) in [5.41, 5.74) is 0.252. The fourth-order valence-electron chi connectivity index (χ4n) is 2.99. The summed E-state index contributed by atoms with van der Waals surface area (Å²) in [4.78, 5) is 36.0. The lowest BCUT2D eigenvalue weighted by Gasteiger charge is -2.12. The summed E-state index contributed by atoms with van der Waals surface area (Å²) in [6, 6.07) is 2.47. The molecule has 1 aliphatic carbocycles. The first-order valence-electron chi connectivity index (χ1n) is 9.86. The minimum absolute atomic E-state index is 0.0737. The second-order valence-corrected chi connectivity index (χ2v) is 8.24. The molecule has 0 radical (unpaired) electrons. The molecule has 0 saturated heterocycles. The van der Waals surface area contributed by atoms with E-state index in [4.69, 9.17) is 4.74 Å². The highest BCUT2D eigenvalue weighted by molar-refractivity contribution is 7.13. The van der Waals surface area contributed by atoms with Crippen LogP contribution in [0, 0.1) is 5.92 Å². The predicted octanol–water partition coefficient (Wildman–Crippen LogP) is 4.60. The highest BCUT2D eigenvalue weighted by atomic mass is 32.1. The predicted molar refractivity (Wildman–Crippen MR) is 115 cm³/mol. The van der Waals surface area contributed by atoms with Crippen LogP contribution in [0.5, 0.6) is 0 Å². The molecule has 1 fully saturated rings. The average Bonchev–Trinajstić information content (AvgIpc) is 3.49. The van der Waals surface area contributed by atoms with Crippen molar-refractivity contribution in [3.05, 3.63) is 47.4 Å². The summed E-state index contributed by atoms with van der Waals surface area (Å²) in [6.45, 7) is 0.546. The van der Waals surface area contributed by atoms with E-state index in [1.165, 1.54) is 37.8 Å². The maximum atomic E-state index is 13.1. The molecule has 2 N–H and O–H groups in total. The second-order valence-electron chi connectivity index (χ2n) is 7.38. The lowest BCUT2D eigenvalue weighted by molar-refractivity contribution is -0.140. The number of aromatic nitrogens is 3. The first kappa shape index (κ1) is 22.6. The molecule has 0 aliphatic heterocycles. The summed E-state index contributed by atoms with van der Waals surface area (Å²) >= 11 is 0.804. The molecule has 2 amide bonds. The number of hydrogen-bond donors (Lipinski definition) is 2. The number of anilines is 1. The summed E-state index contributed by atoms with van der Waals surface area (Å²) in [7, 11) is 1.23. The van der Waals surface area contributed by atoms with E-state index in [1.54, 1.807) is 0 Å². The molecule has 0 spiro atoms. The maximum absolute atomic E-state index is 13.1. The van der Waals surface area contributed by atoms with Gasteiger partial charge in [-0.05, 0) is 30.9 Å². The van der Waals surface area contributed by atoms with E-state index in [2.05, 4.69) is 25.6 Å². The Hall–Kier alpha value is -3.54. The van der Waals surface area contributed by atoms with Crippen molar-refractivity contribution in [2.45, 2.75) is 19.0 Å². The van der Waals surface area contributed by atoms with Gasteiger partial charge in [-0.1, -0.05) is 0 Å². The van der Waals surface area contributed by atoms with E-state index in [0.717, 1.165) is 29.6 Å². The Morgan fingerprint density at radius 2 is 1.97 bits per heavy atom. The monoisotopic (exact) mass is 477 g/mol. The van der Waals surface area contributed by atoms with Crippen LogP contribution in [0.2, 0.25) is 0 Å². The standard InChI is InChI=1S/C21H18F3N5O3S/c1-32-19(30)13-4-12(7-25-8-13)15-9-26-17(29-20(31)27-6-11-2-3-11)5-14(15)18-28-16(10-33-18)21(22,23)24/h4-5,7-11H,2-3,6H2,1H3,(H2,26,27,29,31). The number of amides is 2. The number of nitrogens with one attached hydrogen (secondary N) is 2. The van der Waals surface area contributed by atoms with Gasteiger partial charge in [-0.2, -0.15) is 13.2 Å². The maximum Gasteiger partial charge on any atom is 0.434 e. The first-order valence-corrected chi connectivity index (χ1v) is 10.7. The molecule has 3 aromatic rings. The summed E-state index contributed by atoms with van der Waals surface area (Å²) in [5, 5.41) is 6.32. The van der Waals surface area contributed by atoms with Crippen molar-refractivity contribution >= 4 is 29.2 Å². The Kier molecular flexibility index (Phi) is 6.27. The Bertz CT molecular complexity index is 1190. The molecule has 3 heterocycles. The van der Waals surface area contributed by atoms with Crippen molar-refractivity contribution in [3.8, 4) is 21.7 Å². The Morgan fingerprint density at radius 1 is 1.18 bits per heavy atom. The molecule has 3 aromatic heterocycles. The number of carbonyl (C=O) groups excluding carboxylic acids is 2. The van der Waals surface area contributed by atoms with Crippen LogP contribution >= 0.6 is 11.3 Å². The number of esters is 1. The minimum atomic E-state index is -4.60. The number of alkyl halides is 3. The van der Waals surface area contributed by atoms with E-state index in [0.29, 0.717) is 29.2 Å². The quantitative estimate of drug-likeness (QED) is 0.503. The fraction of sp³-hybridized carbons (Fsp3) is 0.286. The van der Waals surface area contributed by atoms with Gasteiger partial charge in [-0.25, -0.2) is 19.6 Å². The third-order valence-electron chi connectivity index (χ3n) is 4.89. The van der Waals surface area contributed by atoms with Gasteiger partial charge in [-0.3, -0.25) is 10.3 Å². The van der Waals surface area contributed by atoms with Gasteiger partial charge in [0.2, 0.25) is 0 Å². The molecular weight excluding hydrogens is 459 g/mol. The molecule has 0 unspecified atom stereocenters. The molecule has 0 aromatic carbocycles. The van der Waals surface area contributed by atoms with Crippen LogP contribution < -0.4 is 10.6 Å². The Labute approximate surface area is 190 Å². The number of pyridine rings is 2. The third-order valence-corrected chi connectivity index (χ3v) is 5.76. The SMILES string of the molecule is COC(=O)c1cncc(-c2cnc(NC(=O)NCC3CC3)cc2-c2nc(C(F)(F)F)cs2)c1. The molecule has 0 bridgehead atoms. The summed E-state index contributed by atoms with van der Waals surface area (Å²) < 4.78 is 44.1. The lowest BCUT2D eigenvalue weighted by atomic mass is 10.0. The van der Waals surface area contributed by atoms with Crippen LogP contribution in [-0.2, 0) is 10.9 Å². The van der Waals surface area contributed by atoms with Gasteiger partial charge >= 0.3 is 18.2 Å². The normalized spacial score (nSPS) is 13.5. The number of thiazole rings is 1. The highest BCUT2D eigenvalue weighted by Gasteiger charge is 2.34. The van der Waals surface area contributed by atoms with Gasteiger partial charge in [0, 0.05) is 47.2 Å². The smallest absolute Gasteiger partial charge is 0.434 e. The van der Waals surface area contributed by atoms with E-state index in [-0.39, 0.29) is 16.4 Å². The van der Waals surface area contributed by atoms with Gasteiger partial charge < -0.3 is 10.1 Å². The summed E-state index contributed by atoms with van der Waals surface area (Å²) in [5.74, 6) is 0.00770. The largest absolute Gasteiger partial charge is 0.465 e. The molecule has 1 saturated carbocycles. The molecule has 4 rings (SSSR count). The van der Waals surface area contributed by atoms with Gasteiger partial charge in [0.05, 0.1) is 12.7 Å². The van der Waals surface area contributed by atoms with E-state index < -0.39 is 23.9 Å². The van der Waals surface area contributed by atoms with Crippen LogP contribution in [0.3, 0.4) is 0 Å². The van der Waals surface area contributed by atoms with Crippen LogP contribution in [0.1, 0.15) is 28.9 Å². The number of carbonyl (C=O) groups is 2. The number of rotatable bonds is 6. The molecular formula is C21H18F3N5O3S. The number of methoxy groups -OCH3 is 1. The fourth-order valence-corrected chi connectivity index (χ4v) is 3.85. The average molecular weight is 477 g/mol. The Balaban J connectivity index is 1.71. The molecule has 33 heavy (non-hydrogen) atoms. The van der Waals surface area contributed by atoms with E-state index in [1.807, 2.05) is 0 Å². The summed E-state index contributed by atoms with van der Waals surface area (Å²) in [6.07, 6.45) is 1.69. The topological polar surface area (TPSA) is 106 Å². The molecule has 12 heteroatoms. The van der Waals surface area contributed by atoms with Crippen LogP contribution in [-0.4, -0.2) is 40.6 Å².